The van der Waals surface area contributed by atoms with E-state index in [4.69, 9.17) is 9.84 Å². The van der Waals surface area contributed by atoms with Crippen LogP contribution in [0.2, 0.25) is 0 Å². The number of ether oxygens (including phenoxy) is 1. The van der Waals surface area contributed by atoms with Crippen molar-refractivity contribution < 1.29 is 14.6 Å². The van der Waals surface area contributed by atoms with Gasteiger partial charge in [-0.2, -0.15) is 0 Å². The number of aliphatic hydroxyl groups is 1. The molecule has 1 N–H and O–H groups in total. The molecular formula is C18H36O3. The molecule has 3 nitrogen and oxygen atoms in total. The van der Waals surface area contributed by atoms with E-state index in [1.54, 1.807) is 0 Å². The quantitative estimate of drug-likeness (QED) is 0.342. The number of carbonyl (C=O) groups excluding carboxylic acids is 1. The zero-order valence-electron chi connectivity index (χ0n) is 14.2. The lowest BCUT2D eigenvalue weighted by atomic mass is 10.0. The van der Waals surface area contributed by atoms with Crippen molar-refractivity contribution in [3.63, 3.8) is 0 Å². The highest BCUT2D eigenvalue weighted by Gasteiger charge is 2.09. The molecule has 0 saturated heterocycles. The summed E-state index contributed by atoms with van der Waals surface area (Å²) in [6.07, 6.45) is 16.3. The fraction of sp³-hybridized carbons (Fsp3) is 0.944. The van der Waals surface area contributed by atoms with Gasteiger partial charge in [0, 0.05) is 6.92 Å². The minimum atomic E-state index is -0.300. The molecule has 0 fully saturated rings. The minimum absolute atomic E-state index is 0.0579. The van der Waals surface area contributed by atoms with Crippen LogP contribution in [0.15, 0.2) is 0 Å². The maximum absolute atomic E-state index is 10.8. The molecule has 3 heteroatoms. The van der Waals surface area contributed by atoms with Crippen molar-refractivity contribution in [2.75, 3.05) is 6.61 Å². The van der Waals surface area contributed by atoms with Crippen LogP contribution in [-0.2, 0) is 9.53 Å². The minimum Gasteiger partial charge on any atom is -0.460 e. The molecule has 1 unspecified atom stereocenters. The summed E-state index contributed by atoms with van der Waals surface area (Å²) < 4.78 is 5.01. The standard InChI is InChI=1S/C18H36O3/c1-3-4-5-6-7-8-9-10-11-12-13-14-15-18(16-19)21-17(2)20/h18-19H,3-16H2,1-2H3. The van der Waals surface area contributed by atoms with Gasteiger partial charge in [-0.15, -0.1) is 0 Å². The van der Waals surface area contributed by atoms with Crippen molar-refractivity contribution in [1.29, 1.82) is 0 Å². The van der Waals surface area contributed by atoms with Crippen LogP contribution in [0.1, 0.15) is 97.3 Å². The summed E-state index contributed by atoms with van der Waals surface area (Å²) in [5.41, 5.74) is 0. The smallest absolute Gasteiger partial charge is 0.302 e. The zero-order chi connectivity index (χ0) is 15.8. The van der Waals surface area contributed by atoms with E-state index in [1.165, 1.54) is 77.6 Å². The van der Waals surface area contributed by atoms with Crippen molar-refractivity contribution >= 4 is 5.97 Å². The van der Waals surface area contributed by atoms with E-state index in [0.717, 1.165) is 12.8 Å². The van der Waals surface area contributed by atoms with Gasteiger partial charge in [-0.1, -0.05) is 77.6 Å². The molecule has 0 aliphatic carbocycles. The monoisotopic (exact) mass is 300 g/mol. The number of hydrogen-bond acceptors (Lipinski definition) is 3. The second kappa shape index (κ2) is 15.8. The van der Waals surface area contributed by atoms with Crippen molar-refractivity contribution in [3.05, 3.63) is 0 Å². The summed E-state index contributed by atoms with van der Waals surface area (Å²) in [7, 11) is 0. The van der Waals surface area contributed by atoms with Crippen molar-refractivity contribution in [2.45, 2.75) is 103 Å². The topological polar surface area (TPSA) is 46.5 Å². The summed E-state index contributed by atoms with van der Waals surface area (Å²) in [5.74, 6) is -0.298. The highest BCUT2D eigenvalue weighted by molar-refractivity contribution is 5.66. The SMILES string of the molecule is CCCCCCCCCCCCCCC(CO)OC(C)=O. The first-order chi connectivity index (χ1) is 10.2. The van der Waals surface area contributed by atoms with Crippen LogP contribution in [0.25, 0.3) is 0 Å². The van der Waals surface area contributed by atoms with Gasteiger partial charge in [0.25, 0.3) is 0 Å². The van der Waals surface area contributed by atoms with Gasteiger partial charge in [-0.3, -0.25) is 4.79 Å². The molecule has 0 aromatic rings. The Morgan fingerprint density at radius 3 is 1.67 bits per heavy atom. The highest BCUT2D eigenvalue weighted by atomic mass is 16.5. The van der Waals surface area contributed by atoms with Gasteiger partial charge in [0.15, 0.2) is 0 Å². The summed E-state index contributed by atoms with van der Waals surface area (Å²) in [6.45, 7) is 3.59. The Morgan fingerprint density at radius 1 is 0.857 bits per heavy atom. The van der Waals surface area contributed by atoms with Gasteiger partial charge in [0.1, 0.15) is 6.10 Å². The van der Waals surface area contributed by atoms with E-state index in [1.807, 2.05) is 0 Å². The van der Waals surface area contributed by atoms with Crippen LogP contribution in [0.4, 0.5) is 0 Å². The molecule has 1 atom stereocenters. The number of aliphatic hydroxyl groups excluding tert-OH is 1. The van der Waals surface area contributed by atoms with E-state index in [9.17, 15) is 4.79 Å². The molecule has 0 spiro atoms. The predicted molar refractivity (Wildman–Crippen MR) is 88.3 cm³/mol. The van der Waals surface area contributed by atoms with Gasteiger partial charge in [-0.25, -0.2) is 0 Å². The van der Waals surface area contributed by atoms with Crippen LogP contribution in [0.3, 0.4) is 0 Å². The van der Waals surface area contributed by atoms with Crippen molar-refractivity contribution in [3.8, 4) is 0 Å². The number of carbonyl (C=O) groups is 1. The van der Waals surface area contributed by atoms with Gasteiger partial charge in [0.05, 0.1) is 6.61 Å². The first-order valence-electron chi connectivity index (χ1n) is 8.98. The Morgan fingerprint density at radius 2 is 1.29 bits per heavy atom. The van der Waals surface area contributed by atoms with Crippen molar-refractivity contribution in [1.82, 2.24) is 0 Å². The first kappa shape index (κ1) is 20.4. The van der Waals surface area contributed by atoms with Crippen LogP contribution < -0.4 is 0 Å². The fourth-order valence-electron chi connectivity index (χ4n) is 2.64. The zero-order valence-corrected chi connectivity index (χ0v) is 14.2. The highest BCUT2D eigenvalue weighted by Crippen LogP contribution is 2.13. The molecule has 0 bridgehead atoms. The second-order valence-electron chi connectivity index (χ2n) is 6.09. The molecule has 0 rings (SSSR count). The fourth-order valence-corrected chi connectivity index (χ4v) is 2.64. The van der Waals surface area contributed by atoms with E-state index in [2.05, 4.69) is 6.92 Å². The molecule has 21 heavy (non-hydrogen) atoms. The molecule has 0 aliphatic heterocycles. The van der Waals surface area contributed by atoms with Crippen molar-refractivity contribution in [2.24, 2.45) is 0 Å². The first-order valence-corrected chi connectivity index (χ1v) is 8.98. The number of esters is 1. The molecule has 0 aromatic carbocycles. The van der Waals surface area contributed by atoms with Gasteiger partial charge >= 0.3 is 5.97 Å². The second-order valence-corrected chi connectivity index (χ2v) is 6.09. The third kappa shape index (κ3) is 15.6. The van der Waals surface area contributed by atoms with E-state index >= 15 is 0 Å². The predicted octanol–water partition coefficient (Wildman–Crippen LogP) is 5.00. The number of unbranched alkanes of at least 4 members (excludes halogenated alkanes) is 11. The molecule has 0 amide bonds. The van der Waals surface area contributed by atoms with Crippen LogP contribution in [-0.4, -0.2) is 23.8 Å². The molecule has 0 aromatic heterocycles. The Hall–Kier alpha value is -0.570. The Labute approximate surface area is 131 Å². The van der Waals surface area contributed by atoms with E-state index in [0.29, 0.717) is 0 Å². The van der Waals surface area contributed by atoms with Gasteiger partial charge < -0.3 is 9.84 Å². The molecular weight excluding hydrogens is 264 g/mol. The Kier molecular flexibility index (Phi) is 15.4. The van der Waals surface area contributed by atoms with Crippen LogP contribution in [0, 0.1) is 0 Å². The average molecular weight is 300 g/mol. The summed E-state index contributed by atoms with van der Waals surface area (Å²) >= 11 is 0. The maximum atomic E-state index is 10.8. The van der Waals surface area contributed by atoms with Gasteiger partial charge in [0.2, 0.25) is 0 Å². The molecule has 0 heterocycles. The number of hydrogen-bond donors (Lipinski definition) is 1. The van der Waals surface area contributed by atoms with Crippen LogP contribution >= 0.6 is 0 Å². The lowest BCUT2D eigenvalue weighted by molar-refractivity contribution is -0.148. The molecule has 0 saturated carbocycles. The maximum Gasteiger partial charge on any atom is 0.302 e. The molecule has 126 valence electrons. The lowest BCUT2D eigenvalue weighted by Crippen LogP contribution is -2.20. The summed E-state index contributed by atoms with van der Waals surface area (Å²) in [6, 6.07) is 0. The third-order valence-electron chi connectivity index (χ3n) is 3.92. The van der Waals surface area contributed by atoms with Gasteiger partial charge in [-0.05, 0) is 12.8 Å². The normalized spacial score (nSPS) is 12.3. The lowest BCUT2D eigenvalue weighted by Gasteiger charge is -2.13. The van der Waals surface area contributed by atoms with E-state index in [-0.39, 0.29) is 18.7 Å². The number of rotatable bonds is 15. The van der Waals surface area contributed by atoms with E-state index < -0.39 is 0 Å². The molecule has 0 radical (unpaired) electrons. The third-order valence-corrected chi connectivity index (χ3v) is 3.92. The molecule has 0 aliphatic rings. The Bertz CT molecular complexity index is 229. The summed E-state index contributed by atoms with van der Waals surface area (Å²) in [5, 5.41) is 9.07. The average Bonchev–Trinajstić information content (AvgIpc) is 2.46. The summed E-state index contributed by atoms with van der Waals surface area (Å²) in [4.78, 5) is 10.8. The van der Waals surface area contributed by atoms with Crippen LogP contribution in [0.5, 0.6) is 0 Å². The Balaban J connectivity index is 3.19. The largest absolute Gasteiger partial charge is 0.460 e.